The van der Waals surface area contributed by atoms with Crippen molar-refractivity contribution in [2.75, 3.05) is 32.8 Å². The van der Waals surface area contributed by atoms with E-state index in [0.29, 0.717) is 11.6 Å². The van der Waals surface area contributed by atoms with Crippen LogP contribution in [0.25, 0.3) is 6.08 Å². The third-order valence-corrected chi connectivity index (χ3v) is 7.50. The molecule has 2 fully saturated rings. The average molecular weight is 481 g/mol. The van der Waals surface area contributed by atoms with Crippen molar-refractivity contribution in [1.82, 2.24) is 9.80 Å². The van der Waals surface area contributed by atoms with Crippen LogP contribution in [0.4, 0.5) is 0 Å². The van der Waals surface area contributed by atoms with E-state index in [1.807, 2.05) is 78.3 Å². The minimum Gasteiger partial charge on any atom is -0.493 e. The summed E-state index contributed by atoms with van der Waals surface area (Å²) in [7, 11) is 0. The number of rotatable bonds is 6. The molecule has 34 heavy (non-hydrogen) atoms. The summed E-state index contributed by atoms with van der Waals surface area (Å²) in [5.41, 5.74) is 2.02. The lowest BCUT2D eigenvalue weighted by molar-refractivity contribution is -0.133. The zero-order chi connectivity index (χ0) is 24.1. The Balaban J connectivity index is 1.31. The van der Waals surface area contributed by atoms with Gasteiger partial charge in [-0.1, -0.05) is 41.9 Å². The van der Waals surface area contributed by atoms with Crippen LogP contribution >= 0.6 is 11.6 Å². The number of amides is 2. The van der Waals surface area contributed by atoms with Crippen molar-refractivity contribution in [2.45, 2.75) is 39.0 Å². The molecule has 0 bridgehead atoms. The molecule has 2 aliphatic rings. The monoisotopic (exact) mass is 480 g/mol. The maximum atomic E-state index is 13.1. The summed E-state index contributed by atoms with van der Waals surface area (Å²) in [5, 5.41) is 0.679. The summed E-state index contributed by atoms with van der Waals surface area (Å²) in [6.07, 6.45) is 6.36. The van der Waals surface area contributed by atoms with Crippen molar-refractivity contribution in [1.29, 1.82) is 0 Å². The minimum absolute atomic E-state index is 0.0310. The van der Waals surface area contributed by atoms with Gasteiger partial charge in [-0.3, -0.25) is 9.59 Å². The van der Waals surface area contributed by atoms with Gasteiger partial charge < -0.3 is 14.5 Å². The molecular formula is C28H33ClN2O3. The number of nitrogens with zero attached hydrogens (tertiary/aromatic N) is 2. The van der Waals surface area contributed by atoms with Crippen LogP contribution in [-0.2, 0) is 9.59 Å². The fourth-order valence-corrected chi connectivity index (χ4v) is 5.20. The predicted octanol–water partition coefficient (Wildman–Crippen LogP) is 5.40. The van der Waals surface area contributed by atoms with E-state index in [1.165, 1.54) is 0 Å². The maximum absolute atomic E-state index is 13.1. The van der Waals surface area contributed by atoms with Crippen LogP contribution in [0, 0.1) is 5.41 Å². The lowest BCUT2D eigenvalue weighted by Gasteiger charge is -2.39. The van der Waals surface area contributed by atoms with E-state index in [1.54, 1.807) is 6.08 Å². The van der Waals surface area contributed by atoms with Crippen molar-refractivity contribution >= 4 is 29.5 Å². The van der Waals surface area contributed by atoms with E-state index in [2.05, 4.69) is 0 Å². The van der Waals surface area contributed by atoms with E-state index >= 15 is 0 Å². The van der Waals surface area contributed by atoms with Crippen LogP contribution in [0.5, 0.6) is 5.75 Å². The van der Waals surface area contributed by atoms with Gasteiger partial charge in [0.15, 0.2) is 0 Å². The second-order valence-corrected chi connectivity index (χ2v) is 9.85. The number of carbonyl (C=O) groups is 2. The highest BCUT2D eigenvalue weighted by Crippen LogP contribution is 2.41. The third kappa shape index (κ3) is 5.47. The van der Waals surface area contributed by atoms with Gasteiger partial charge in [-0.2, -0.15) is 0 Å². The van der Waals surface area contributed by atoms with Gasteiger partial charge in [0, 0.05) is 42.8 Å². The Labute approximate surface area is 207 Å². The highest BCUT2D eigenvalue weighted by molar-refractivity contribution is 6.30. The van der Waals surface area contributed by atoms with Crippen LogP contribution in [-0.4, -0.2) is 54.4 Å². The molecule has 180 valence electrons. The number of hydrogen-bond donors (Lipinski definition) is 0. The molecule has 1 unspecified atom stereocenters. The molecule has 2 aromatic carbocycles. The third-order valence-electron chi connectivity index (χ3n) is 7.25. The van der Waals surface area contributed by atoms with Gasteiger partial charge in [0.25, 0.3) is 0 Å². The van der Waals surface area contributed by atoms with E-state index in [0.717, 1.165) is 62.3 Å². The molecule has 1 atom stereocenters. The molecule has 2 aliphatic heterocycles. The molecule has 2 aromatic rings. The van der Waals surface area contributed by atoms with Crippen molar-refractivity contribution in [3.8, 4) is 5.75 Å². The first-order valence-electron chi connectivity index (χ1n) is 12.1. The zero-order valence-corrected chi connectivity index (χ0v) is 20.8. The maximum Gasteiger partial charge on any atom is 0.246 e. The van der Waals surface area contributed by atoms with Gasteiger partial charge in [-0.15, -0.1) is 0 Å². The summed E-state index contributed by atoms with van der Waals surface area (Å²) in [5.74, 6) is 0.811. The number of hydrogen-bond acceptors (Lipinski definition) is 3. The number of benzene rings is 2. The standard InChI is InChI=1S/C28H33ClN2O3/c1-3-34-25-7-5-4-6-23(25)10-13-26(32)30-17-14-28(15-18-30)16-19-31(20-28)27(33)21(2)22-8-11-24(29)12-9-22/h4-13,21H,3,14-20H2,1-2H3. The SMILES string of the molecule is CCOc1ccccc1C=CC(=O)N1CCC2(CC1)CCN(C(=O)C(C)c1ccc(Cl)cc1)C2. The highest BCUT2D eigenvalue weighted by atomic mass is 35.5. The molecule has 6 heteroatoms. The molecular weight excluding hydrogens is 448 g/mol. The fourth-order valence-electron chi connectivity index (χ4n) is 5.07. The lowest BCUT2D eigenvalue weighted by atomic mass is 9.77. The van der Waals surface area contributed by atoms with Crippen LogP contribution < -0.4 is 4.74 Å². The Morgan fingerprint density at radius 1 is 1.03 bits per heavy atom. The molecule has 5 nitrogen and oxygen atoms in total. The second-order valence-electron chi connectivity index (χ2n) is 9.41. The van der Waals surface area contributed by atoms with E-state index in [-0.39, 0.29) is 23.1 Å². The van der Waals surface area contributed by atoms with E-state index in [9.17, 15) is 9.59 Å². The van der Waals surface area contributed by atoms with Gasteiger partial charge in [0.05, 0.1) is 12.5 Å². The molecule has 0 aliphatic carbocycles. The summed E-state index contributed by atoms with van der Waals surface area (Å²) < 4.78 is 5.64. The van der Waals surface area contributed by atoms with Crippen molar-refractivity contribution in [2.24, 2.45) is 5.41 Å². The van der Waals surface area contributed by atoms with Gasteiger partial charge in [0.1, 0.15) is 5.75 Å². The van der Waals surface area contributed by atoms with Crippen molar-refractivity contribution in [3.63, 3.8) is 0 Å². The summed E-state index contributed by atoms with van der Waals surface area (Å²) in [6, 6.07) is 15.3. The quantitative estimate of drug-likeness (QED) is 0.520. The Kier molecular flexibility index (Phi) is 7.62. The number of para-hydroxylation sites is 1. The van der Waals surface area contributed by atoms with E-state index in [4.69, 9.17) is 16.3 Å². The summed E-state index contributed by atoms with van der Waals surface area (Å²) in [4.78, 5) is 29.9. The molecule has 0 saturated carbocycles. The van der Waals surface area contributed by atoms with Crippen LogP contribution in [0.15, 0.2) is 54.6 Å². The van der Waals surface area contributed by atoms with Gasteiger partial charge in [0.2, 0.25) is 11.8 Å². The number of carbonyl (C=O) groups excluding carboxylic acids is 2. The smallest absolute Gasteiger partial charge is 0.246 e. The predicted molar refractivity (Wildman–Crippen MR) is 136 cm³/mol. The number of halogens is 1. The normalized spacial score (nSPS) is 18.4. The van der Waals surface area contributed by atoms with Crippen LogP contribution in [0.2, 0.25) is 5.02 Å². The van der Waals surface area contributed by atoms with Crippen LogP contribution in [0.3, 0.4) is 0 Å². The fraction of sp³-hybridized carbons (Fsp3) is 0.429. The van der Waals surface area contributed by atoms with Crippen molar-refractivity contribution < 1.29 is 14.3 Å². The average Bonchev–Trinajstić information content (AvgIpc) is 3.27. The number of piperidine rings is 1. The first-order chi connectivity index (χ1) is 16.4. The van der Waals surface area contributed by atoms with Crippen LogP contribution in [0.1, 0.15) is 50.2 Å². The first-order valence-corrected chi connectivity index (χ1v) is 12.5. The van der Waals surface area contributed by atoms with E-state index < -0.39 is 0 Å². The minimum atomic E-state index is -0.182. The molecule has 2 amide bonds. The van der Waals surface area contributed by atoms with Gasteiger partial charge in [-0.25, -0.2) is 0 Å². The topological polar surface area (TPSA) is 49.9 Å². The highest BCUT2D eigenvalue weighted by Gasteiger charge is 2.43. The van der Waals surface area contributed by atoms with Crippen molar-refractivity contribution in [3.05, 3.63) is 70.8 Å². The zero-order valence-electron chi connectivity index (χ0n) is 20.0. The van der Waals surface area contributed by atoms with Gasteiger partial charge in [-0.05, 0) is 68.4 Å². The Bertz CT molecular complexity index is 1040. The van der Waals surface area contributed by atoms with Gasteiger partial charge >= 0.3 is 0 Å². The molecule has 0 radical (unpaired) electrons. The molecule has 2 saturated heterocycles. The molecule has 0 N–H and O–H groups in total. The summed E-state index contributed by atoms with van der Waals surface area (Å²) in [6.45, 7) is 7.53. The first kappa shape index (κ1) is 24.3. The summed E-state index contributed by atoms with van der Waals surface area (Å²) >= 11 is 5.99. The largest absolute Gasteiger partial charge is 0.493 e. The molecule has 4 rings (SSSR count). The number of ether oxygens (including phenoxy) is 1. The Hall–Kier alpha value is -2.79. The molecule has 1 spiro atoms. The molecule has 2 heterocycles. The Morgan fingerprint density at radius 3 is 2.35 bits per heavy atom. The molecule has 0 aromatic heterocycles. The Morgan fingerprint density at radius 2 is 1.68 bits per heavy atom. The second kappa shape index (κ2) is 10.6. The number of likely N-dealkylation sites (tertiary alicyclic amines) is 2. The lowest BCUT2D eigenvalue weighted by Crippen LogP contribution is -2.44.